The molecule has 74 valence electrons. The summed E-state index contributed by atoms with van der Waals surface area (Å²) in [7, 11) is -0.910. The van der Waals surface area contributed by atoms with E-state index in [0.29, 0.717) is 0 Å². The summed E-state index contributed by atoms with van der Waals surface area (Å²) in [6.45, 7) is 13.1. The van der Waals surface area contributed by atoms with Crippen LogP contribution in [0.3, 0.4) is 0 Å². The first-order valence-electron chi connectivity index (χ1n) is 4.48. The van der Waals surface area contributed by atoms with Gasteiger partial charge in [-0.3, -0.25) is 0 Å². The Labute approximate surface area is 82.7 Å². The third kappa shape index (κ3) is 2.79. The van der Waals surface area contributed by atoms with Crippen molar-refractivity contribution in [3.05, 3.63) is 11.5 Å². The minimum Gasteiger partial charge on any atom is -0.222 e. The Kier molecular flexibility index (Phi) is 2.91. The molecule has 1 aliphatic heterocycles. The molecule has 0 amide bonds. The molecule has 0 N–H and O–H groups in total. The average molecular weight is 216 g/mol. The van der Waals surface area contributed by atoms with Crippen molar-refractivity contribution in [2.24, 2.45) is 4.99 Å². The SMILES string of the molecule is CP(C)(C)=C1C=NC([P+](C)(C)C)=C1. The monoisotopic (exact) mass is 216 g/mol. The van der Waals surface area contributed by atoms with Crippen molar-refractivity contribution < 1.29 is 0 Å². The molecule has 1 rings (SSSR count). The number of allylic oxidation sites excluding steroid dienone is 1. The second kappa shape index (κ2) is 3.37. The van der Waals surface area contributed by atoms with Crippen LogP contribution >= 0.6 is 14.1 Å². The van der Waals surface area contributed by atoms with Crippen LogP contribution in [0.25, 0.3) is 0 Å². The third-order valence-corrected chi connectivity index (χ3v) is 5.48. The van der Waals surface area contributed by atoms with Gasteiger partial charge in [0.25, 0.3) is 0 Å². The Balaban J connectivity index is 3.11. The van der Waals surface area contributed by atoms with Crippen molar-refractivity contribution >= 4 is 25.7 Å². The van der Waals surface area contributed by atoms with Crippen LogP contribution in [0.5, 0.6) is 0 Å². The minimum atomic E-state index is -0.910. The molecule has 0 aromatic heterocycles. The number of hydrogen-bond acceptors (Lipinski definition) is 1. The second-order valence-corrected chi connectivity index (χ2v) is 14.2. The predicted molar refractivity (Wildman–Crippen MR) is 71.0 cm³/mol. The molecule has 0 saturated heterocycles. The fourth-order valence-electron chi connectivity index (χ4n) is 1.07. The van der Waals surface area contributed by atoms with Crippen LogP contribution in [0, 0.1) is 0 Å². The van der Waals surface area contributed by atoms with Crippen LogP contribution in [0.15, 0.2) is 16.5 Å². The first-order chi connectivity index (χ1) is 5.71. The zero-order chi connectivity index (χ0) is 10.3. The number of nitrogens with zero attached hydrogens (tertiary/aromatic N) is 1. The van der Waals surface area contributed by atoms with Gasteiger partial charge >= 0.3 is 0 Å². The van der Waals surface area contributed by atoms with Gasteiger partial charge in [0.1, 0.15) is 0 Å². The summed E-state index contributed by atoms with van der Waals surface area (Å²) in [6, 6.07) is 0. The van der Waals surface area contributed by atoms with Gasteiger partial charge in [0, 0.05) is 12.3 Å². The van der Waals surface area contributed by atoms with E-state index in [1.54, 1.807) is 0 Å². The highest BCUT2D eigenvalue weighted by Crippen LogP contribution is 2.57. The van der Waals surface area contributed by atoms with Crippen LogP contribution in [0.4, 0.5) is 0 Å². The standard InChI is InChI=1S/C10H20NP2/c1-12(2,3)9-7-10(11-8-9)13(4,5)6/h7-8H,1-6H3/q+1. The van der Waals surface area contributed by atoms with E-state index in [1.807, 2.05) is 0 Å². The molecule has 0 aliphatic carbocycles. The lowest BCUT2D eigenvalue weighted by atomic mass is 10.5. The summed E-state index contributed by atoms with van der Waals surface area (Å²) >= 11 is 0. The molecule has 13 heavy (non-hydrogen) atoms. The minimum absolute atomic E-state index is 0.861. The quantitative estimate of drug-likeness (QED) is 0.597. The van der Waals surface area contributed by atoms with Gasteiger partial charge in [0.2, 0.25) is 0 Å². The molecule has 0 atom stereocenters. The molecule has 0 radical (unpaired) electrons. The Morgan fingerprint density at radius 1 is 1.15 bits per heavy atom. The van der Waals surface area contributed by atoms with Gasteiger partial charge in [-0.25, -0.2) is 4.99 Å². The summed E-state index contributed by atoms with van der Waals surface area (Å²) < 4.78 is 0. The highest BCUT2D eigenvalue weighted by Gasteiger charge is 2.27. The van der Waals surface area contributed by atoms with Crippen LogP contribution in [-0.4, -0.2) is 51.5 Å². The Morgan fingerprint density at radius 3 is 1.92 bits per heavy atom. The van der Waals surface area contributed by atoms with Crippen molar-refractivity contribution in [2.75, 3.05) is 40.0 Å². The zero-order valence-electron chi connectivity index (χ0n) is 9.50. The smallest absolute Gasteiger partial charge is 0.182 e. The van der Waals surface area contributed by atoms with Gasteiger partial charge < -0.3 is 0 Å². The summed E-state index contributed by atoms with van der Waals surface area (Å²) in [4.78, 5) is 4.53. The van der Waals surface area contributed by atoms with E-state index >= 15 is 0 Å². The van der Waals surface area contributed by atoms with Crippen LogP contribution in [-0.2, 0) is 0 Å². The Morgan fingerprint density at radius 2 is 1.69 bits per heavy atom. The van der Waals surface area contributed by atoms with E-state index in [4.69, 9.17) is 0 Å². The fraction of sp³-hybridized carbons (Fsp3) is 0.600. The van der Waals surface area contributed by atoms with E-state index in [9.17, 15) is 0 Å². The number of aliphatic imine (C=N–C) groups is 1. The molecule has 0 unspecified atom stereocenters. The molecule has 0 aromatic carbocycles. The lowest BCUT2D eigenvalue weighted by molar-refractivity contribution is 1.55. The second-order valence-electron chi connectivity index (χ2n) is 5.21. The lowest BCUT2D eigenvalue weighted by Crippen LogP contribution is -1.94. The van der Waals surface area contributed by atoms with Gasteiger partial charge in [0.05, 0.1) is 27.3 Å². The van der Waals surface area contributed by atoms with Crippen molar-refractivity contribution in [3.63, 3.8) is 0 Å². The maximum Gasteiger partial charge on any atom is 0.182 e. The molecule has 0 saturated carbocycles. The van der Waals surface area contributed by atoms with Crippen LogP contribution in [0.1, 0.15) is 0 Å². The maximum atomic E-state index is 4.53. The highest BCUT2D eigenvalue weighted by molar-refractivity contribution is 7.78. The van der Waals surface area contributed by atoms with Gasteiger partial charge in [0.15, 0.2) is 5.44 Å². The third-order valence-electron chi connectivity index (χ3n) is 2.07. The van der Waals surface area contributed by atoms with E-state index in [0.717, 1.165) is 0 Å². The molecular formula is C10H20NP2+. The van der Waals surface area contributed by atoms with Gasteiger partial charge in [-0.05, 0) is 25.3 Å². The Bertz CT molecular complexity index is 315. The molecular weight excluding hydrogens is 196 g/mol. The Hall–Kier alpha value is 0.140. The van der Waals surface area contributed by atoms with Crippen molar-refractivity contribution in [2.45, 2.75) is 0 Å². The molecule has 3 heteroatoms. The highest BCUT2D eigenvalue weighted by atomic mass is 31.2. The van der Waals surface area contributed by atoms with Gasteiger partial charge in [-0.1, -0.05) is 0 Å². The largest absolute Gasteiger partial charge is 0.222 e. The molecule has 0 aromatic rings. The maximum absolute atomic E-state index is 4.53. The van der Waals surface area contributed by atoms with E-state index < -0.39 is 14.1 Å². The fourth-order valence-corrected chi connectivity index (χ4v) is 3.02. The summed E-state index contributed by atoms with van der Waals surface area (Å²) in [5, 5.41) is 1.47. The normalized spacial score (nSPS) is 18.0. The molecule has 0 bridgehead atoms. The molecule has 1 aliphatic rings. The van der Waals surface area contributed by atoms with E-state index in [-0.39, 0.29) is 0 Å². The summed E-state index contributed by atoms with van der Waals surface area (Å²) in [5.41, 5.74) is 1.33. The van der Waals surface area contributed by atoms with Gasteiger partial charge in [-0.2, -0.15) is 0 Å². The zero-order valence-corrected chi connectivity index (χ0v) is 11.3. The first-order valence-corrected chi connectivity index (χ1v) is 10.7. The molecule has 0 spiro atoms. The van der Waals surface area contributed by atoms with Crippen molar-refractivity contribution in [1.29, 1.82) is 0 Å². The van der Waals surface area contributed by atoms with E-state index in [2.05, 4.69) is 57.3 Å². The number of hydrogen-bond donors (Lipinski definition) is 0. The summed E-state index contributed by atoms with van der Waals surface area (Å²) in [5.74, 6) is 0. The molecule has 1 nitrogen and oxygen atoms in total. The van der Waals surface area contributed by atoms with Crippen LogP contribution < -0.4 is 0 Å². The first kappa shape index (κ1) is 11.2. The van der Waals surface area contributed by atoms with Crippen LogP contribution in [0.2, 0.25) is 0 Å². The summed E-state index contributed by atoms with van der Waals surface area (Å²) in [6.07, 6.45) is 4.40. The number of rotatable bonds is 1. The topological polar surface area (TPSA) is 12.4 Å². The lowest BCUT2D eigenvalue weighted by Gasteiger charge is -2.10. The molecule has 0 fully saturated rings. The van der Waals surface area contributed by atoms with Gasteiger partial charge in [-0.15, -0.1) is 6.89 Å². The molecule has 1 heterocycles. The van der Waals surface area contributed by atoms with Crippen molar-refractivity contribution in [3.8, 4) is 0 Å². The van der Waals surface area contributed by atoms with Crippen molar-refractivity contribution in [1.82, 2.24) is 0 Å². The predicted octanol–water partition coefficient (Wildman–Crippen LogP) is 2.90. The average Bonchev–Trinajstić information content (AvgIpc) is 2.28. The van der Waals surface area contributed by atoms with E-state index in [1.165, 1.54) is 10.7 Å².